The molecule has 0 aliphatic carbocycles. The molecule has 0 aromatic rings. The third-order valence-electron chi connectivity index (χ3n) is 2.28. The van der Waals surface area contributed by atoms with Crippen LogP contribution in [0.15, 0.2) is 0 Å². The number of halogens is 3. The Morgan fingerprint density at radius 2 is 1.62 bits per heavy atom. The second kappa shape index (κ2) is 4.89. The van der Waals surface area contributed by atoms with Gasteiger partial charge in [0.25, 0.3) is 10.2 Å². The van der Waals surface area contributed by atoms with Crippen LogP contribution < -0.4 is 4.72 Å². The van der Waals surface area contributed by atoms with Gasteiger partial charge in [-0.2, -0.15) is 25.9 Å². The summed E-state index contributed by atoms with van der Waals surface area (Å²) in [4.78, 5) is 0. The number of hydrogen-bond donors (Lipinski definition) is 1. The van der Waals surface area contributed by atoms with Crippen LogP contribution in [0.25, 0.3) is 0 Å². The van der Waals surface area contributed by atoms with Crippen molar-refractivity contribution in [3.8, 4) is 0 Å². The van der Waals surface area contributed by atoms with E-state index in [4.69, 9.17) is 0 Å². The number of alkyl halides is 3. The van der Waals surface area contributed by atoms with Crippen LogP contribution in [0.2, 0.25) is 0 Å². The molecule has 0 amide bonds. The highest BCUT2D eigenvalue weighted by Crippen LogP contribution is 2.39. The molecule has 0 saturated heterocycles. The molecule has 0 unspecified atom stereocenters. The largest absolute Gasteiger partial charge is 0.394 e. The van der Waals surface area contributed by atoms with E-state index in [1.54, 1.807) is 0 Å². The van der Waals surface area contributed by atoms with Crippen molar-refractivity contribution in [1.29, 1.82) is 0 Å². The molecule has 0 bridgehead atoms. The van der Waals surface area contributed by atoms with Gasteiger partial charge >= 0.3 is 6.18 Å². The van der Waals surface area contributed by atoms with Gasteiger partial charge in [-0.1, -0.05) is 13.8 Å². The van der Waals surface area contributed by atoms with Crippen molar-refractivity contribution >= 4 is 10.2 Å². The fourth-order valence-electron chi connectivity index (χ4n) is 0.763. The van der Waals surface area contributed by atoms with Crippen molar-refractivity contribution in [1.82, 2.24) is 9.03 Å². The molecule has 98 valence electrons. The lowest BCUT2D eigenvalue weighted by Crippen LogP contribution is -2.40. The van der Waals surface area contributed by atoms with Crippen molar-refractivity contribution in [2.45, 2.75) is 26.4 Å². The number of nitrogens with one attached hydrogen (secondary N) is 1. The molecule has 0 heterocycles. The van der Waals surface area contributed by atoms with Gasteiger partial charge in [0, 0.05) is 20.6 Å². The molecule has 0 aliphatic heterocycles. The van der Waals surface area contributed by atoms with Crippen LogP contribution in [-0.4, -0.2) is 39.5 Å². The number of hydrogen-bond acceptors (Lipinski definition) is 2. The van der Waals surface area contributed by atoms with E-state index < -0.39 is 21.8 Å². The summed E-state index contributed by atoms with van der Waals surface area (Å²) in [6.07, 6.45) is -4.64. The Labute approximate surface area is 94.0 Å². The van der Waals surface area contributed by atoms with Gasteiger partial charge in [0.05, 0.1) is 5.41 Å². The Balaban J connectivity index is 4.30. The van der Waals surface area contributed by atoms with E-state index >= 15 is 0 Å². The quantitative estimate of drug-likeness (QED) is 0.813. The van der Waals surface area contributed by atoms with Crippen LogP contribution in [0.3, 0.4) is 0 Å². The molecule has 16 heavy (non-hydrogen) atoms. The van der Waals surface area contributed by atoms with Crippen molar-refractivity contribution in [2.75, 3.05) is 20.6 Å². The van der Waals surface area contributed by atoms with Crippen LogP contribution in [0.1, 0.15) is 20.3 Å². The van der Waals surface area contributed by atoms with E-state index in [1.807, 2.05) is 0 Å². The molecule has 0 radical (unpaired) electrons. The standard InChI is InChI=1S/C8H17F3N2O2S/c1-7(2,8(9,10)11)5-6-12-16(14,15)13(3)4/h12H,5-6H2,1-4H3. The summed E-state index contributed by atoms with van der Waals surface area (Å²) >= 11 is 0. The molecule has 0 saturated carbocycles. The molecule has 0 aromatic heterocycles. The first kappa shape index (κ1) is 15.7. The summed E-state index contributed by atoms with van der Waals surface area (Å²) in [5, 5.41) is 0. The van der Waals surface area contributed by atoms with Crippen LogP contribution >= 0.6 is 0 Å². The lowest BCUT2D eigenvalue weighted by molar-refractivity contribution is -0.213. The highest BCUT2D eigenvalue weighted by molar-refractivity contribution is 7.87. The zero-order valence-corrected chi connectivity index (χ0v) is 10.5. The van der Waals surface area contributed by atoms with Crippen LogP contribution in [0.5, 0.6) is 0 Å². The Bertz CT molecular complexity index is 323. The van der Waals surface area contributed by atoms with Crippen molar-refractivity contribution in [2.24, 2.45) is 5.41 Å². The Morgan fingerprint density at radius 3 is 1.94 bits per heavy atom. The molecule has 0 rings (SSSR count). The van der Waals surface area contributed by atoms with E-state index in [1.165, 1.54) is 14.1 Å². The van der Waals surface area contributed by atoms with E-state index in [0.717, 1.165) is 18.2 Å². The van der Waals surface area contributed by atoms with E-state index in [-0.39, 0.29) is 13.0 Å². The average molecular weight is 262 g/mol. The van der Waals surface area contributed by atoms with Crippen LogP contribution in [0, 0.1) is 5.41 Å². The Morgan fingerprint density at radius 1 is 1.19 bits per heavy atom. The lowest BCUT2D eigenvalue weighted by atomic mass is 9.89. The second-order valence-electron chi connectivity index (χ2n) is 4.31. The maximum Gasteiger partial charge on any atom is 0.394 e. The van der Waals surface area contributed by atoms with Gasteiger partial charge in [0.2, 0.25) is 0 Å². The fraction of sp³-hybridized carbons (Fsp3) is 1.00. The molecule has 0 atom stereocenters. The third kappa shape index (κ3) is 4.26. The van der Waals surface area contributed by atoms with E-state index in [2.05, 4.69) is 4.72 Å². The minimum Gasteiger partial charge on any atom is -0.202 e. The minimum atomic E-state index is -4.34. The maximum atomic E-state index is 12.4. The Kier molecular flexibility index (Phi) is 4.78. The zero-order valence-electron chi connectivity index (χ0n) is 9.72. The predicted molar refractivity (Wildman–Crippen MR) is 55.1 cm³/mol. The first-order valence-electron chi connectivity index (χ1n) is 4.64. The second-order valence-corrected chi connectivity index (χ2v) is 6.28. The third-order valence-corrected chi connectivity index (χ3v) is 3.81. The van der Waals surface area contributed by atoms with E-state index in [9.17, 15) is 21.6 Å². The molecule has 4 nitrogen and oxygen atoms in total. The fourth-order valence-corrected chi connectivity index (χ4v) is 1.38. The summed E-state index contributed by atoms with van der Waals surface area (Å²) in [5.41, 5.74) is -1.90. The van der Waals surface area contributed by atoms with Gasteiger partial charge in [-0.3, -0.25) is 0 Å². The molecule has 8 heteroatoms. The number of rotatable bonds is 5. The predicted octanol–water partition coefficient (Wildman–Crippen LogP) is 1.36. The first-order valence-corrected chi connectivity index (χ1v) is 6.08. The molecular formula is C8H17F3N2O2S. The molecule has 0 aromatic carbocycles. The minimum absolute atomic E-state index is 0.243. The molecular weight excluding hydrogens is 245 g/mol. The summed E-state index contributed by atoms with van der Waals surface area (Å²) < 4.78 is 62.7. The van der Waals surface area contributed by atoms with Gasteiger partial charge in [0.1, 0.15) is 0 Å². The highest BCUT2D eigenvalue weighted by atomic mass is 32.2. The van der Waals surface area contributed by atoms with Crippen LogP contribution in [-0.2, 0) is 10.2 Å². The number of nitrogens with zero attached hydrogens (tertiary/aromatic N) is 1. The van der Waals surface area contributed by atoms with E-state index in [0.29, 0.717) is 0 Å². The van der Waals surface area contributed by atoms with Crippen molar-refractivity contribution < 1.29 is 21.6 Å². The van der Waals surface area contributed by atoms with Gasteiger partial charge in [0.15, 0.2) is 0 Å². The zero-order chi connectivity index (χ0) is 13.2. The van der Waals surface area contributed by atoms with Crippen molar-refractivity contribution in [3.63, 3.8) is 0 Å². The summed E-state index contributed by atoms with van der Waals surface area (Å²) in [6, 6.07) is 0. The molecule has 0 aliphatic rings. The van der Waals surface area contributed by atoms with Crippen LogP contribution in [0.4, 0.5) is 13.2 Å². The highest BCUT2D eigenvalue weighted by Gasteiger charge is 2.46. The topological polar surface area (TPSA) is 49.4 Å². The monoisotopic (exact) mass is 262 g/mol. The molecule has 0 fully saturated rings. The van der Waals surface area contributed by atoms with Crippen molar-refractivity contribution in [3.05, 3.63) is 0 Å². The van der Waals surface area contributed by atoms with Gasteiger partial charge in [-0.15, -0.1) is 0 Å². The molecule has 0 spiro atoms. The first-order chi connectivity index (χ1) is 6.90. The van der Waals surface area contributed by atoms with Gasteiger partial charge in [-0.25, -0.2) is 4.72 Å². The molecule has 1 N–H and O–H groups in total. The average Bonchev–Trinajstić information content (AvgIpc) is 2.00. The maximum absolute atomic E-state index is 12.4. The summed E-state index contributed by atoms with van der Waals surface area (Å²) in [5.74, 6) is 0. The van der Waals surface area contributed by atoms with Gasteiger partial charge < -0.3 is 0 Å². The smallest absolute Gasteiger partial charge is 0.202 e. The summed E-state index contributed by atoms with van der Waals surface area (Å²) in [7, 11) is -1.04. The lowest BCUT2D eigenvalue weighted by Gasteiger charge is -2.27. The summed E-state index contributed by atoms with van der Waals surface area (Å²) in [6.45, 7) is 1.83. The Hall–Kier alpha value is -0.340. The van der Waals surface area contributed by atoms with Gasteiger partial charge in [-0.05, 0) is 6.42 Å². The normalized spacial score (nSPS) is 14.5. The SMILES string of the molecule is CN(C)S(=O)(=O)NCCC(C)(C)C(F)(F)F.